The minimum Gasteiger partial charge on any atom is -0.287 e. The number of fused-ring (bicyclic) bond motifs is 3. The fourth-order valence-corrected chi connectivity index (χ4v) is 4.36. The van der Waals surface area contributed by atoms with Crippen LogP contribution in [0.1, 0.15) is 29.1 Å². The molecule has 0 atom stereocenters. The summed E-state index contributed by atoms with van der Waals surface area (Å²) in [5.74, 6) is -0.173. The van der Waals surface area contributed by atoms with E-state index in [2.05, 4.69) is 9.38 Å². The fraction of sp³-hybridized carbons (Fsp3) is 0.312. The maximum Gasteiger partial charge on any atom is 0.194 e. The lowest BCUT2D eigenvalue weighted by atomic mass is 10.0. The van der Waals surface area contributed by atoms with Crippen molar-refractivity contribution in [3.05, 3.63) is 46.3 Å². The lowest BCUT2D eigenvalue weighted by molar-refractivity contribution is 0.629. The predicted octanol–water partition coefficient (Wildman–Crippen LogP) is 4.39. The van der Waals surface area contributed by atoms with Gasteiger partial charge in [-0.3, -0.25) is 4.40 Å². The van der Waals surface area contributed by atoms with E-state index in [9.17, 15) is 4.39 Å². The Hall–Kier alpha value is -1.68. The summed E-state index contributed by atoms with van der Waals surface area (Å²) in [5, 5.41) is 0. The van der Waals surface area contributed by atoms with Crippen LogP contribution in [-0.2, 0) is 12.8 Å². The third kappa shape index (κ3) is 1.64. The zero-order valence-corrected chi connectivity index (χ0v) is 12.1. The maximum absolute atomic E-state index is 14.2. The normalized spacial score (nSPS) is 14.7. The van der Waals surface area contributed by atoms with Crippen LogP contribution in [0.3, 0.4) is 0 Å². The Labute approximate surface area is 120 Å². The molecular formula is C16H15FN2S. The van der Waals surface area contributed by atoms with Crippen molar-refractivity contribution >= 4 is 16.3 Å². The first-order valence-corrected chi connectivity index (χ1v) is 7.82. The summed E-state index contributed by atoms with van der Waals surface area (Å²) in [5.41, 5.74) is 3.84. The van der Waals surface area contributed by atoms with Crippen molar-refractivity contribution in [1.29, 1.82) is 0 Å². The van der Waals surface area contributed by atoms with Gasteiger partial charge in [0, 0.05) is 16.1 Å². The molecule has 0 N–H and O–H groups in total. The Bertz CT molecular complexity index is 800. The number of aryl methyl sites for hydroxylation is 3. The van der Waals surface area contributed by atoms with Crippen molar-refractivity contribution in [3.63, 3.8) is 0 Å². The third-order valence-electron chi connectivity index (χ3n) is 4.02. The summed E-state index contributed by atoms with van der Waals surface area (Å²) < 4.78 is 16.3. The summed E-state index contributed by atoms with van der Waals surface area (Å²) in [4.78, 5) is 7.08. The molecule has 0 amide bonds. The van der Waals surface area contributed by atoms with Crippen molar-refractivity contribution in [3.8, 4) is 11.3 Å². The van der Waals surface area contributed by atoms with Crippen LogP contribution in [0.25, 0.3) is 16.2 Å². The van der Waals surface area contributed by atoms with Gasteiger partial charge in [0.05, 0.1) is 11.4 Å². The molecule has 0 radical (unpaired) electrons. The van der Waals surface area contributed by atoms with Gasteiger partial charge in [0.15, 0.2) is 4.96 Å². The number of thiazole rings is 1. The summed E-state index contributed by atoms with van der Waals surface area (Å²) in [6, 6.07) is 6.98. The van der Waals surface area contributed by atoms with Crippen LogP contribution >= 0.6 is 11.3 Å². The molecule has 1 aromatic carbocycles. The highest BCUT2D eigenvalue weighted by molar-refractivity contribution is 7.17. The Morgan fingerprint density at radius 1 is 1.20 bits per heavy atom. The maximum atomic E-state index is 14.2. The van der Waals surface area contributed by atoms with E-state index < -0.39 is 0 Å². The zero-order chi connectivity index (χ0) is 13.7. The highest BCUT2D eigenvalue weighted by Crippen LogP contribution is 2.36. The van der Waals surface area contributed by atoms with Gasteiger partial charge < -0.3 is 0 Å². The fourth-order valence-electron chi connectivity index (χ4n) is 3.11. The van der Waals surface area contributed by atoms with Crippen LogP contribution in [0.5, 0.6) is 0 Å². The van der Waals surface area contributed by atoms with Crippen molar-refractivity contribution in [2.45, 2.75) is 32.6 Å². The molecule has 20 heavy (non-hydrogen) atoms. The number of halogens is 1. The number of hydrogen-bond donors (Lipinski definition) is 0. The molecule has 4 heteroatoms. The molecule has 102 valence electrons. The minimum atomic E-state index is -0.173. The van der Waals surface area contributed by atoms with Gasteiger partial charge in [-0.1, -0.05) is 12.1 Å². The van der Waals surface area contributed by atoms with Gasteiger partial charge >= 0.3 is 0 Å². The van der Waals surface area contributed by atoms with Gasteiger partial charge in [-0.05, 0) is 44.7 Å². The van der Waals surface area contributed by atoms with Gasteiger partial charge in [0.1, 0.15) is 5.82 Å². The molecule has 0 saturated heterocycles. The summed E-state index contributed by atoms with van der Waals surface area (Å²) in [6.45, 7) is 1.97. The first kappa shape index (κ1) is 12.1. The molecule has 1 aliphatic rings. The molecule has 0 unspecified atom stereocenters. The van der Waals surface area contributed by atoms with E-state index in [-0.39, 0.29) is 5.82 Å². The first-order chi connectivity index (χ1) is 9.75. The predicted molar refractivity (Wildman–Crippen MR) is 79.8 cm³/mol. The van der Waals surface area contributed by atoms with Crippen LogP contribution < -0.4 is 0 Å². The van der Waals surface area contributed by atoms with Gasteiger partial charge in [0.2, 0.25) is 0 Å². The topological polar surface area (TPSA) is 17.3 Å². The molecule has 0 bridgehead atoms. The smallest absolute Gasteiger partial charge is 0.194 e. The van der Waals surface area contributed by atoms with E-state index in [1.807, 2.05) is 19.1 Å². The second kappa shape index (κ2) is 4.42. The lowest BCUT2D eigenvalue weighted by Gasteiger charge is -2.12. The Balaban J connectivity index is 2.06. The van der Waals surface area contributed by atoms with Crippen LogP contribution in [-0.4, -0.2) is 9.38 Å². The SMILES string of the molecule is Cc1nc2sc3c(n2c1-c1ccccc1F)CCCC3. The monoisotopic (exact) mass is 286 g/mol. The number of aromatic nitrogens is 2. The third-order valence-corrected chi connectivity index (χ3v) is 5.17. The van der Waals surface area contributed by atoms with E-state index in [1.165, 1.54) is 29.5 Å². The van der Waals surface area contributed by atoms with Crippen LogP contribution in [0, 0.1) is 12.7 Å². The second-order valence-corrected chi connectivity index (χ2v) is 6.38. The summed E-state index contributed by atoms with van der Waals surface area (Å²) >= 11 is 1.76. The van der Waals surface area contributed by atoms with Gasteiger partial charge in [-0.2, -0.15) is 0 Å². The first-order valence-electron chi connectivity index (χ1n) is 7.00. The average molecular weight is 286 g/mol. The molecule has 1 aliphatic carbocycles. The highest BCUT2D eigenvalue weighted by Gasteiger charge is 2.22. The van der Waals surface area contributed by atoms with E-state index in [0.29, 0.717) is 5.56 Å². The van der Waals surface area contributed by atoms with Crippen molar-refractivity contribution < 1.29 is 4.39 Å². The van der Waals surface area contributed by atoms with Gasteiger partial charge in [0.25, 0.3) is 0 Å². The zero-order valence-electron chi connectivity index (χ0n) is 11.3. The Morgan fingerprint density at radius 3 is 2.85 bits per heavy atom. The molecule has 0 aliphatic heterocycles. The van der Waals surface area contributed by atoms with E-state index in [4.69, 9.17) is 0 Å². The van der Waals surface area contributed by atoms with Crippen molar-refractivity contribution in [2.75, 3.05) is 0 Å². The van der Waals surface area contributed by atoms with Crippen LogP contribution in [0.4, 0.5) is 4.39 Å². The quantitative estimate of drug-likeness (QED) is 0.648. The van der Waals surface area contributed by atoms with Crippen LogP contribution in [0.2, 0.25) is 0 Å². The lowest BCUT2D eigenvalue weighted by Crippen LogP contribution is -2.04. The Kier molecular flexibility index (Phi) is 2.67. The molecule has 4 rings (SSSR count). The van der Waals surface area contributed by atoms with E-state index in [1.54, 1.807) is 17.4 Å². The van der Waals surface area contributed by atoms with Crippen LogP contribution in [0.15, 0.2) is 24.3 Å². The molecule has 2 nitrogen and oxygen atoms in total. The molecule has 0 spiro atoms. The number of imidazole rings is 1. The second-order valence-electron chi connectivity index (χ2n) is 5.32. The highest BCUT2D eigenvalue weighted by atomic mass is 32.1. The number of rotatable bonds is 1. The molecular weight excluding hydrogens is 271 g/mol. The van der Waals surface area contributed by atoms with E-state index in [0.717, 1.165) is 29.2 Å². The number of benzene rings is 1. The number of hydrogen-bond acceptors (Lipinski definition) is 2. The van der Waals surface area contributed by atoms with Gasteiger partial charge in [-0.15, -0.1) is 11.3 Å². The molecule has 0 saturated carbocycles. The largest absolute Gasteiger partial charge is 0.287 e. The molecule has 2 heterocycles. The minimum absolute atomic E-state index is 0.173. The van der Waals surface area contributed by atoms with E-state index >= 15 is 0 Å². The number of nitrogens with zero attached hydrogens (tertiary/aromatic N) is 2. The van der Waals surface area contributed by atoms with Gasteiger partial charge in [-0.25, -0.2) is 9.37 Å². The van der Waals surface area contributed by atoms with Crippen molar-refractivity contribution in [2.24, 2.45) is 0 Å². The average Bonchev–Trinajstić information content (AvgIpc) is 2.94. The standard InChI is InChI=1S/C16H15FN2S/c1-10-15(11-6-2-3-7-12(11)17)19-13-8-4-5-9-14(13)20-16(19)18-10/h2-3,6-7H,4-5,8-9H2,1H3. The summed E-state index contributed by atoms with van der Waals surface area (Å²) in [6.07, 6.45) is 4.68. The Morgan fingerprint density at radius 2 is 2.00 bits per heavy atom. The summed E-state index contributed by atoms with van der Waals surface area (Å²) in [7, 11) is 0. The molecule has 0 fully saturated rings. The molecule has 2 aromatic heterocycles. The molecule has 3 aromatic rings. The van der Waals surface area contributed by atoms with Crippen molar-refractivity contribution in [1.82, 2.24) is 9.38 Å².